The highest BCUT2D eigenvalue weighted by Gasteiger charge is 2.24. The van der Waals surface area contributed by atoms with Crippen molar-refractivity contribution in [3.05, 3.63) is 63.5 Å². The first-order valence-corrected chi connectivity index (χ1v) is 8.45. The monoisotopic (exact) mass is 384 g/mol. The van der Waals surface area contributed by atoms with E-state index >= 15 is 0 Å². The number of halogens is 1. The molecular formula is C19H13ClN2O5. The van der Waals surface area contributed by atoms with Crippen LogP contribution in [0.2, 0.25) is 5.02 Å². The van der Waals surface area contributed by atoms with Crippen molar-refractivity contribution in [1.29, 1.82) is 0 Å². The molecule has 0 saturated carbocycles. The average Bonchev–Trinajstić information content (AvgIpc) is 2.63. The van der Waals surface area contributed by atoms with E-state index in [1.807, 2.05) is 0 Å². The molecule has 4 rings (SSSR count). The standard InChI is InChI=1S/C19H13ClN2O5/c1-9-18(24)22-13-7-11(3-5-16(13)26-9)21-19(25)17-8-14(23)12-6-10(20)2-4-15(12)27-17/h2-9H,1H3,(H,21,25)(H,22,24)/t9-/m0/s1. The van der Waals surface area contributed by atoms with Crippen molar-refractivity contribution in [3.63, 3.8) is 0 Å². The first kappa shape index (κ1) is 17.1. The van der Waals surface area contributed by atoms with E-state index in [2.05, 4.69) is 10.6 Å². The third-order valence-electron chi connectivity index (χ3n) is 4.08. The van der Waals surface area contributed by atoms with Crippen LogP contribution in [0, 0.1) is 0 Å². The van der Waals surface area contributed by atoms with Crippen LogP contribution in [0.4, 0.5) is 11.4 Å². The third-order valence-corrected chi connectivity index (χ3v) is 4.32. The molecule has 1 atom stereocenters. The molecule has 2 N–H and O–H groups in total. The fourth-order valence-electron chi connectivity index (χ4n) is 2.72. The molecule has 3 aromatic rings. The Morgan fingerprint density at radius 2 is 1.96 bits per heavy atom. The Labute approximate surface area is 157 Å². The van der Waals surface area contributed by atoms with Gasteiger partial charge in [-0.05, 0) is 43.3 Å². The Bertz CT molecular complexity index is 1150. The lowest BCUT2D eigenvalue weighted by Crippen LogP contribution is -2.34. The van der Waals surface area contributed by atoms with Gasteiger partial charge in [-0.1, -0.05) is 11.6 Å². The normalized spacial score (nSPS) is 15.6. The molecule has 2 amide bonds. The van der Waals surface area contributed by atoms with Gasteiger partial charge in [0.25, 0.3) is 11.8 Å². The van der Waals surface area contributed by atoms with Gasteiger partial charge in [-0.15, -0.1) is 0 Å². The molecule has 2 heterocycles. The van der Waals surface area contributed by atoms with Gasteiger partial charge in [0.15, 0.2) is 17.3 Å². The largest absolute Gasteiger partial charge is 0.479 e. The van der Waals surface area contributed by atoms with Crippen LogP contribution in [0.25, 0.3) is 11.0 Å². The van der Waals surface area contributed by atoms with Crippen molar-refractivity contribution in [3.8, 4) is 5.75 Å². The van der Waals surface area contributed by atoms with Gasteiger partial charge in [0.1, 0.15) is 11.3 Å². The smallest absolute Gasteiger partial charge is 0.291 e. The second kappa shape index (κ2) is 6.44. The molecule has 27 heavy (non-hydrogen) atoms. The zero-order valence-electron chi connectivity index (χ0n) is 14.0. The molecule has 7 nitrogen and oxygen atoms in total. The molecule has 8 heteroatoms. The molecule has 0 fully saturated rings. The number of ether oxygens (including phenoxy) is 1. The summed E-state index contributed by atoms with van der Waals surface area (Å²) in [5.74, 6) is -0.499. The second-order valence-electron chi connectivity index (χ2n) is 6.03. The van der Waals surface area contributed by atoms with Crippen molar-refractivity contribution in [2.24, 2.45) is 0 Å². The summed E-state index contributed by atoms with van der Waals surface area (Å²) in [6.07, 6.45) is -0.585. The Morgan fingerprint density at radius 3 is 2.78 bits per heavy atom. The molecule has 0 radical (unpaired) electrons. The van der Waals surface area contributed by atoms with Gasteiger partial charge in [-0.3, -0.25) is 14.4 Å². The molecule has 0 aliphatic carbocycles. The lowest BCUT2D eigenvalue weighted by Gasteiger charge is -2.23. The summed E-state index contributed by atoms with van der Waals surface area (Å²) < 4.78 is 11.0. The highest BCUT2D eigenvalue weighted by Crippen LogP contribution is 2.32. The minimum absolute atomic E-state index is 0.138. The maximum absolute atomic E-state index is 12.5. The van der Waals surface area contributed by atoms with Crippen LogP contribution in [0.1, 0.15) is 17.5 Å². The zero-order valence-corrected chi connectivity index (χ0v) is 14.8. The number of anilines is 2. The number of nitrogens with one attached hydrogen (secondary N) is 2. The van der Waals surface area contributed by atoms with Crippen LogP contribution in [0.3, 0.4) is 0 Å². The van der Waals surface area contributed by atoms with E-state index in [0.717, 1.165) is 6.07 Å². The van der Waals surface area contributed by atoms with Crippen molar-refractivity contribution in [2.45, 2.75) is 13.0 Å². The molecule has 1 aromatic heterocycles. The van der Waals surface area contributed by atoms with E-state index in [0.29, 0.717) is 27.5 Å². The molecule has 1 aliphatic heterocycles. The minimum atomic E-state index is -0.597. The van der Waals surface area contributed by atoms with Crippen LogP contribution in [-0.4, -0.2) is 17.9 Å². The van der Waals surface area contributed by atoms with Gasteiger partial charge in [-0.25, -0.2) is 0 Å². The average molecular weight is 385 g/mol. The third kappa shape index (κ3) is 3.24. The van der Waals surface area contributed by atoms with Gasteiger partial charge < -0.3 is 19.8 Å². The summed E-state index contributed by atoms with van der Waals surface area (Å²) >= 11 is 5.88. The SMILES string of the molecule is C[C@@H]1Oc2ccc(NC(=O)c3cc(=O)c4cc(Cl)ccc4o3)cc2NC1=O. The Morgan fingerprint density at radius 1 is 1.15 bits per heavy atom. The maximum Gasteiger partial charge on any atom is 0.291 e. The van der Waals surface area contributed by atoms with E-state index in [9.17, 15) is 14.4 Å². The number of amides is 2. The Kier molecular flexibility index (Phi) is 4.08. The first-order valence-electron chi connectivity index (χ1n) is 8.07. The van der Waals surface area contributed by atoms with Crippen LogP contribution in [-0.2, 0) is 4.79 Å². The number of hydrogen-bond donors (Lipinski definition) is 2. The first-order chi connectivity index (χ1) is 12.9. The summed E-state index contributed by atoms with van der Waals surface area (Å²) in [5.41, 5.74) is 0.752. The predicted molar refractivity (Wildman–Crippen MR) is 101 cm³/mol. The fraction of sp³-hybridized carbons (Fsp3) is 0.105. The van der Waals surface area contributed by atoms with E-state index in [4.69, 9.17) is 20.8 Å². The van der Waals surface area contributed by atoms with Gasteiger partial charge in [0, 0.05) is 16.8 Å². The molecular weight excluding hydrogens is 372 g/mol. The highest BCUT2D eigenvalue weighted by atomic mass is 35.5. The summed E-state index contributed by atoms with van der Waals surface area (Å²) in [6.45, 7) is 1.64. The van der Waals surface area contributed by atoms with Crippen molar-refractivity contribution >= 4 is 45.8 Å². The number of carbonyl (C=O) groups is 2. The Hall–Kier alpha value is -3.32. The number of rotatable bonds is 2. The van der Waals surface area contributed by atoms with E-state index in [-0.39, 0.29) is 22.7 Å². The van der Waals surface area contributed by atoms with Crippen molar-refractivity contribution in [2.75, 3.05) is 10.6 Å². The van der Waals surface area contributed by atoms with Crippen molar-refractivity contribution in [1.82, 2.24) is 0 Å². The lowest BCUT2D eigenvalue weighted by molar-refractivity contribution is -0.122. The molecule has 0 unspecified atom stereocenters. The highest BCUT2D eigenvalue weighted by molar-refractivity contribution is 6.31. The summed E-state index contributed by atoms with van der Waals surface area (Å²) in [5, 5.41) is 6.03. The summed E-state index contributed by atoms with van der Waals surface area (Å²) in [7, 11) is 0. The minimum Gasteiger partial charge on any atom is -0.479 e. The summed E-state index contributed by atoms with van der Waals surface area (Å²) in [6, 6.07) is 10.5. The second-order valence-corrected chi connectivity index (χ2v) is 6.47. The lowest BCUT2D eigenvalue weighted by atomic mass is 10.2. The van der Waals surface area contributed by atoms with Crippen LogP contribution in [0.15, 0.2) is 51.7 Å². The molecule has 0 bridgehead atoms. The van der Waals surface area contributed by atoms with E-state index < -0.39 is 12.0 Å². The number of benzene rings is 2. The molecule has 1 aliphatic rings. The van der Waals surface area contributed by atoms with Crippen LogP contribution >= 0.6 is 11.6 Å². The quantitative estimate of drug-likeness (QED) is 0.705. The summed E-state index contributed by atoms with van der Waals surface area (Å²) in [4.78, 5) is 36.4. The van der Waals surface area contributed by atoms with Gasteiger partial charge >= 0.3 is 0 Å². The fourth-order valence-corrected chi connectivity index (χ4v) is 2.89. The number of carbonyl (C=O) groups excluding carboxylic acids is 2. The molecule has 2 aromatic carbocycles. The Balaban J connectivity index is 1.62. The van der Waals surface area contributed by atoms with Gasteiger partial charge in [-0.2, -0.15) is 0 Å². The molecule has 0 spiro atoms. The van der Waals surface area contributed by atoms with E-state index in [1.165, 1.54) is 12.1 Å². The topological polar surface area (TPSA) is 97.6 Å². The van der Waals surface area contributed by atoms with Crippen LogP contribution in [0.5, 0.6) is 5.75 Å². The number of fused-ring (bicyclic) bond motifs is 2. The molecule has 136 valence electrons. The van der Waals surface area contributed by atoms with E-state index in [1.54, 1.807) is 31.2 Å². The predicted octanol–water partition coefficient (Wildman–Crippen LogP) is 3.42. The van der Waals surface area contributed by atoms with Crippen LogP contribution < -0.4 is 20.8 Å². The maximum atomic E-state index is 12.5. The van der Waals surface area contributed by atoms with Crippen molar-refractivity contribution < 1.29 is 18.7 Å². The van der Waals surface area contributed by atoms with Gasteiger partial charge in [0.2, 0.25) is 0 Å². The van der Waals surface area contributed by atoms with Gasteiger partial charge in [0.05, 0.1) is 11.1 Å². The number of hydrogen-bond acceptors (Lipinski definition) is 5. The zero-order chi connectivity index (χ0) is 19.1. The molecule has 0 saturated heterocycles.